The van der Waals surface area contributed by atoms with Crippen LogP contribution >= 0.6 is 11.6 Å². The first kappa shape index (κ1) is 12.1. The van der Waals surface area contributed by atoms with E-state index >= 15 is 0 Å². The van der Waals surface area contributed by atoms with Gasteiger partial charge in [0.1, 0.15) is 0 Å². The Morgan fingerprint density at radius 3 is 2.88 bits per heavy atom. The van der Waals surface area contributed by atoms with Gasteiger partial charge in [-0.2, -0.15) is 5.10 Å². The lowest BCUT2D eigenvalue weighted by Crippen LogP contribution is -2.08. The summed E-state index contributed by atoms with van der Waals surface area (Å²) in [4.78, 5) is 3.97. The molecule has 0 saturated heterocycles. The zero-order valence-corrected chi connectivity index (χ0v) is 10.7. The molecule has 0 aromatic carbocycles. The van der Waals surface area contributed by atoms with Gasteiger partial charge >= 0.3 is 0 Å². The van der Waals surface area contributed by atoms with E-state index < -0.39 is 0 Å². The van der Waals surface area contributed by atoms with Crippen molar-refractivity contribution >= 4 is 11.6 Å². The highest BCUT2D eigenvalue weighted by Gasteiger charge is 2.07. The van der Waals surface area contributed by atoms with E-state index in [-0.39, 0.29) is 0 Å². The van der Waals surface area contributed by atoms with Crippen molar-refractivity contribution < 1.29 is 0 Å². The minimum atomic E-state index is 0.677. The minimum absolute atomic E-state index is 0.677. The van der Waals surface area contributed by atoms with Gasteiger partial charge in [-0.15, -0.1) is 0 Å². The van der Waals surface area contributed by atoms with Gasteiger partial charge in [0.2, 0.25) is 0 Å². The minimum Gasteiger partial charge on any atom is -0.316 e. The average molecular weight is 251 g/mol. The molecule has 0 radical (unpaired) electrons. The molecule has 0 unspecified atom stereocenters. The summed E-state index contributed by atoms with van der Waals surface area (Å²) in [5, 5.41) is 8.17. The molecule has 2 rings (SSSR count). The third-order valence-corrected chi connectivity index (χ3v) is 3.09. The molecule has 17 heavy (non-hydrogen) atoms. The molecule has 0 amide bonds. The van der Waals surface area contributed by atoms with Gasteiger partial charge in [-0.25, -0.2) is 0 Å². The Kier molecular flexibility index (Phi) is 3.76. The Labute approximate surface area is 106 Å². The molecule has 2 aromatic heterocycles. The van der Waals surface area contributed by atoms with Crippen LogP contribution < -0.4 is 5.32 Å². The van der Waals surface area contributed by atoms with Crippen LogP contribution in [-0.4, -0.2) is 21.8 Å². The second kappa shape index (κ2) is 5.29. The SMILES string of the molecule is CNCc1cnn(Cc2ccncc2Cl)c1C. The van der Waals surface area contributed by atoms with E-state index in [0.29, 0.717) is 11.6 Å². The lowest BCUT2D eigenvalue weighted by atomic mass is 10.2. The number of nitrogens with one attached hydrogen (secondary N) is 1. The highest BCUT2D eigenvalue weighted by atomic mass is 35.5. The molecule has 5 heteroatoms. The van der Waals surface area contributed by atoms with E-state index in [9.17, 15) is 0 Å². The standard InChI is InChI=1S/C12H15ClN4/c1-9-11(5-14-2)6-16-17(9)8-10-3-4-15-7-12(10)13/h3-4,6-7,14H,5,8H2,1-2H3. The maximum absolute atomic E-state index is 6.08. The predicted molar refractivity (Wildman–Crippen MR) is 68.1 cm³/mol. The number of pyridine rings is 1. The third kappa shape index (κ3) is 2.65. The van der Waals surface area contributed by atoms with Crippen molar-refractivity contribution in [1.29, 1.82) is 0 Å². The zero-order chi connectivity index (χ0) is 12.3. The van der Waals surface area contributed by atoms with Crippen molar-refractivity contribution in [2.75, 3.05) is 7.05 Å². The summed E-state index contributed by atoms with van der Waals surface area (Å²) in [5.41, 5.74) is 3.40. The Morgan fingerprint density at radius 2 is 2.18 bits per heavy atom. The first-order chi connectivity index (χ1) is 8.22. The smallest absolute Gasteiger partial charge is 0.0678 e. The molecule has 0 fully saturated rings. The Balaban J connectivity index is 2.22. The number of aromatic nitrogens is 3. The van der Waals surface area contributed by atoms with Gasteiger partial charge in [0.15, 0.2) is 0 Å². The lowest BCUT2D eigenvalue weighted by Gasteiger charge is -2.07. The van der Waals surface area contributed by atoms with Crippen LogP contribution in [0.2, 0.25) is 5.02 Å². The van der Waals surface area contributed by atoms with Crippen molar-refractivity contribution in [3.8, 4) is 0 Å². The Hall–Kier alpha value is -1.39. The zero-order valence-electron chi connectivity index (χ0n) is 9.94. The van der Waals surface area contributed by atoms with Crippen LogP contribution in [0.3, 0.4) is 0 Å². The van der Waals surface area contributed by atoms with E-state index in [0.717, 1.165) is 17.8 Å². The van der Waals surface area contributed by atoms with Crippen LogP contribution in [0.25, 0.3) is 0 Å². The molecule has 2 heterocycles. The highest BCUT2D eigenvalue weighted by molar-refractivity contribution is 6.31. The van der Waals surface area contributed by atoms with Gasteiger partial charge in [-0.05, 0) is 25.6 Å². The molecule has 0 aliphatic rings. The number of rotatable bonds is 4. The van der Waals surface area contributed by atoms with Crippen molar-refractivity contribution in [1.82, 2.24) is 20.1 Å². The topological polar surface area (TPSA) is 42.7 Å². The van der Waals surface area contributed by atoms with Crippen LogP contribution in [0.4, 0.5) is 0 Å². The maximum atomic E-state index is 6.08. The van der Waals surface area contributed by atoms with Crippen LogP contribution in [0.15, 0.2) is 24.7 Å². The molecule has 0 bridgehead atoms. The van der Waals surface area contributed by atoms with E-state index in [2.05, 4.69) is 22.3 Å². The van der Waals surface area contributed by atoms with Gasteiger partial charge in [-0.1, -0.05) is 11.6 Å². The first-order valence-electron chi connectivity index (χ1n) is 5.46. The number of halogens is 1. The van der Waals surface area contributed by atoms with Crippen molar-refractivity contribution in [2.24, 2.45) is 0 Å². The van der Waals surface area contributed by atoms with Crippen LogP contribution in [-0.2, 0) is 13.1 Å². The first-order valence-corrected chi connectivity index (χ1v) is 5.84. The molecule has 0 aliphatic carbocycles. The quantitative estimate of drug-likeness (QED) is 0.903. The molecular weight excluding hydrogens is 236 g/mol. The fraction of sp³-hybridized carbons (Fsp3) is 0.333. The summed E-state index contributed by atoms with van der Waals surface area (Å²) in [6.45, 7) is 3.57. The normalized spacial score (nSPS) is 10.8. The highest BCUT2D eigenvalue weighted by Crippen LogP contribution is 2.16. The number of hydrogen-bond donors (Lipinski definition) is 1. The summed E-state index contributed by atoms with van der Waals surface area (Å²) in [6, 6.07) is 1.92. The molecule has 0 spiro atoms. The summed E-state index contributed by atoms with van der Waals surface area (Å²) in [6.07, 6.45) is 5.29. The van der Waals surface area contributed by atoms with E-state index in [4.69, 9.17) is 11.6 Å². The van der Waals surface area contributed by atoms with Crippen LogP contribution in [0.5, 0.6) is 0 Å². The summed E-state index contributed by atoms with van der Waals surface area (Å²) < 4.78 is 1.95. The second-order valence-electron chi connectivity index (χ2n) is 3.91. The van der Waals surface area contributed by atoms with Gasteiger partial charge in [0.05, 0.1) is 17.8 Å². The van der Waals surface area contributed by atoms with Crippen LogP contribution in [0, 0.1) is 6.92 Å². The molecule has 2 aromatic rings. The van der Waals surface area contributed by atoms with Gasteiger partial charge in [-0.3, -0.25) is 9.67 Å². The molecule has 0 saturated carbocycles. The summed E-state index contributed by atoms with van der Waals surface area (Å²) >= 11 is 6.08. The van der Waals surface area contributed by atoms with E-state index in [1.165, 1.54) is 5.56 Å². The molecule has 0 aliphatic heterocycles. The fourth-order valence-electron chi connectivity index (χ4n) is 1.70. The van der Waals surface area contributed by atoms with Gasteiger partial charge < -0.3 is 5.32 Å². The van der Waals surface area contributed by atoms with Crippen molar-refractivity contribution in [3.05, 3.63) is 46.5 Å². The Bertz CT molecular complexity index is 507. The molecule has 0 atom stereocenters. The Morgan fingerprint density at radius 1 is 1.35 bits per heavy atom. The molecule has 4 nitrogen and oxygen atoms in total. The molecule has 90 valence electrons. The maximum Gasteiger partial charge on any atom is 0.0678 e. The average Bonchev–Trinajstić information content (AvgIpc) is 2.65. The number of hydrogen-bond acceptors (Lipinski definition) is 3. The van der Waals surface area contributed by atoms with E-state index in [1.807, 2.05) is 24.0 Å². The lowest BCUT2D eigenvalue weighted by molar-refractivity contribution is 0.661. The number of nitrogens with zero attached hydrogens (tertiary/aromatic N) is 3. The van der Waals surface area contributed by atoms with Crippen LogP contribution in [0.1, 0.15) is 16.8 Å². The van der Waals surface area contributed by atoms with E-state index in [1.54, 1.807) is 12.4 Å². The summed E-state index contributed by atoms with van der Waals surface area (Å²) in [7, 11) is 1.93. The molecule has 1 N–H and O–H groups in total. The van der Waals surface area contributed by atoms with Crippen molar-refractivity contribution in [3.63, 3.8) is 0 Å². The van der Waals surface area contributed by atoms with Gasteiger partial charge in [0, 0.05) is 30.2 Å². The predicted octanol–water partition coefficient (Wildman–Crippen LogP) is 2.01. The monoisotopic (exact) mass is 250 g/mol. The van der Waals surface area contributed by atoms with Crippen molar-refractivity contribution in [2.45, 2.75) is 20.0 Å². The van der Waals surface area contributed by atoms with Gasteiger partial charge in [0.25, 0.3) is 0 Å². The fourth-order valence-corrected chi connectivity index (χ4v) is 1.88. The second-order valence-corrected chi connectivity index (χ2v) is 4.32. The largest absolute Gasteiger partial charge is 0.316 e. The molecular formula is C12H15ClN4. The third-order valence-electron chi connectivity index (χ3n) is 2.75. The summed E-state index contributed by atoms with van der Waals surface area (Å²) in [5.74, 6) is 0.